The van der Waals surface area contributed by atoms with E-state index >= 15 is 0 Å². The number of Topliss-reactive ketones (excluding diaryl/α,β-unsaturated/α-hetero) is 1. The molecule has 0 spiro atoms. The maximum atomic E-state index is 13.1. The van der Waals surface area contributed by atoms with Crippen LogP contribution < -0.4 is 10.1 Å². The van der Waals surface area contributed by atoms with Gasteiger partial charge in [-0.05, 0) is 29.8 Å². The number of nitrogens with zero attached hydrogens (tertiary/aromatic N) is 1. The lowest BCUT2D eigenvalue weighted by Gasteiger charge is -2.30. The van der Waals surface area contributed by atoms with Crippen molar-refractivity contribution in [3.8, 4) is 5.75 Å². The van der Waals surface area contributed by atoms with Crippen LogP contribution in [0.1, 0.15) is 34.8 Å². The number of amides is 2. The topological polar surface area (TPSA) is 75.7 Å². The monoisotopic (exact) mass is 366 g/mol. The number of hydrogen-bond donors (Lipinski definition) is 1. The van der Waals surface area contributed by atoms with Crippen LogP contribution in [0.25, 0.3) is 0 Å². The molecule has 3 rings (SSSR count). The van der Waals surface area contributed by atoms with Gasteiger partial charge in [-0.15, -0.1) is 0 Å². The van der Waals surface area contributed by atoms with Crippen molar-refractivity contribution in [1.29, 1.82) is 0 Å². The fourth-order valence-corrected chi connectivity index (χ4v) is 3.05. The molecule has 6 nitrogen and oxygen atoms in total. The minimum atomic E-state index is -0.797. The molecular weight excluding hydrogens is 344 g/mol. The predicted molar refractivity (Wildman–Crippen MR) is 100 cm³/mol. The second kappa shape index (κ2) is 8.49. The van der Waals surface area contributed by atoms with Gasteiger partial charge in [0.25, 0.3) is 5.91 Å². The third-order valence-corrected chi connectivity index (χ3v) is 4.64. The van der Waals surface area contributed by atoms with Crippen molar-refractivity contribution in [3.05, 3.63) is 65.7 Å². The molecular formula is C21H22N2O4. The number of nitrogens with one attached hydrogen (secondary N) is 1. The van der Waals surface area contributed by atoms with E-state index < -0.39 is 6.04 Å². The summed E-state index contributed by atoms with van der Waals surface area (Å²) in [6, 6.07) is 15.0. The molecule has 0 saturated carbocycles. The van der Waals surface area contributed by atoms with Crippen molar-refractivity contribution in [2.24, 2.45) is 0 Å². The van der Waals surface area contributed by atoms with E-state index in [0.717, 1.165) is 0 Å². The first-order valence-electron chi connectivity index (χ1n) is 8.89. The van der Waals surface area contributed by atoms with Crippen LogP contribution in [0.3, 0.4) is 0 Å². The van der Waals surface area contributed by atoms with Crippen LogP contribution in [0.5, 0.6) is 5.75 Å². The predicted octanol–water partition coefficient (Wildman–Crippen LogP) is 2.36. The smallest absolute Gasteiger partial charge is 0.252 e. The fraction of sp³-hybridized carbons (Fsp3) is 0.286. The summed E-state index contributed by atoms with van der Waals surface area (Å²) >= 11 is 0. The van der Waals surface area contributed by atoms with Crippen molar-refractivity contribution in [1.82, 2.24) is 10.2 Å². The maximum Gasteiger partial charge on any atom is 0.252 e. The van der Waals surface area contributed by atoms with E-state index in [1.54, 1.807) is 36.3 Å². The average molecular weight is 366 g/mol. The minimum absolute atomic E-state index is 0.164. The highest BCUT2D eigenvalue weighted by molar-refractivity contribution is 5.98. The highest BCUT2D eigenvalue weighted by Gasteiger charge is 2.30. The Morgan fingerprint density at radius 2 is 1.63 bits per heavy atom. The molecule has 0 aliphatic carbocycles. The highest BCUT2D eigenvalue weighted by Crippen LogP contribution is 2.20. The number of methoxy groups -OCH3 is 1. The van der Waals surface area contributed by atoms with E-state index in [4.69, 9.17) is 4.74 Å². The van der Waals surface area contributed by atoms with Gasteiger partial charge in [0, 0.05) is 31.5 Å². The van der Waals surface area contributed by atoms with E-state index in [0.29, 0.717) is 42.8 Å². The van der Waals surface area contributed by atoms with Gasteiger partial charge < -0.3 is 15.0 Å². The average Bonchev–Trinajstić information content (AvgIpc) is 2.72. The molecule has 2 aromatic rings. The number of carbonyl (C=O) groups is 3. The van der Waals surface area contributed by atoms with Gasteiger partial charge >= 0.3 is 0 Å². The van der Waals surface area contributed by atoms with Gasteiger partial charge in [0.2, 0.25) is 5.91 Å². The molecule has 27 heavy (non-hydrogen) atoms. The Bertz CT molecular complexity index is 808. The lowest BCUT2D eigenvalue weighted by Crippen LogP contribution is -2.46. The zero-order valence-corrected chi connectivity index (χ0v) is 15.2. The van der Waals surface area contributed by atoms with E-state index in [1.807, 2.05) is 30.3 Å². The largest absolute Gasteiger partial charge is 0.497 e. The third kappa shape index (κ3) is 4.53. The Balaban J connectivity index is 1.80. The summed E-state index contributed by atoms with van der Waals surface area (Å²) in [5.74, 6) is 0.279. The van der Waals surface area contributed by atoms with Crippen LogP contribution in [0.2, 0.25) is 0 Å². The Labute approximate surface area is 158 Å². The minimum Gasteiger partial charge on any atom is -0.497 e. The van der Waals surface area contributed by atoms with Crippen LogP contribution >= 0.6 is 0 Å². The van der Waals surface area contributed by atoms with Crippen LogP contribution in [0.4, 0.5) is 0 Å². The van der Waals surface area contributed by atoms with Crippen molar-refractivity contribution in [2.75, 3.05) is 20.2 Å². The number of rotatable bonds is 5. The van der Waals surface area contributed by atoms with Crippen LogP contribution in [-0.2, 0) is 9.59 Å². The Hall–Kier alpha value is -3.15. The number of piperidine rings is 1. The van der Waals surface area contributed by atoms with Gasteiger partial charge in [-0.25, -0.2) is 0 Å². The molecule has 1 heterocycles. The summed E-state index contributed by atoms with van der Waals surface area (Å²) in [4.78, 5) is 38.9. The summed E-state index contributed by atoms with van der Waals surface area (Å²) in [5, 5.41) is 2.84. The summed E-state index contributed by atoms with van der Waals surface area (Å²) < 4.78 is 5.11. The Kier molecular flexibility index (Phi) is 5.86. The molecule has 0 aromatic heterocycles. The number of likely N-dealkylation sites (tertiary alicyclic amines) is 1. The zero-order chi connectivity index (χ0) is 19.2. The molecule has 1 N–H and O–H groups in total. The SMILES string of the molecule is COc1ccc(C(=O)N[C@@H](C(=O)N2CCC(=O)CC2)c2ccccc2)cc1. The molecule has 1 aliphatic rings. The van der Waals surface area contributed by atoms with Gasteiger partial charge in [0.15, 0.2) is 0 Å². The number of hydrogen-bond acceptors (Lipinski definition) is 4. The lowest BCUT2D eigenvalue weighted by molar-refractivity contribution is -0.136. The number of ether oxygens (including phenoxy) is 1. The molecule has 6 heteroatoms. The zero-order valence-electron chi connectivity index (χ0n) is 15.2. The number of benzene rings is 2. The van der Waals surface area contributed by atoms with Crippen molar-refractivity contribution >= 4 is 17.6 Å². The van der Waals surface area contributed by atoms with Crippen LogP contribution in [-0.4, -0.2) is 42.7 Å². The number of carbonyl (C=O) groups excluding carboxylic acids is 3. The second-order valence-corrected chi connectivity index (χ2v) is 6.41. The molecule has 0 radical (unpaired) electrons. The molecule has 1 saturated heterocycles. The van der Waals surface area contributed by atoms with Gasteiger partial charge in [-0.2, -0.15) is 0 Å². The first-order chi connectivity index (χ1) is 13.1. The van der Waals surface area contributed by atoms with Gasteiger partial charge in [0.05, 0.1) is 7.11 Å². The quantitative estimate of drug-likeness (QED) is 0.881. The van der Waals surface area contributed by atoms with Crippen molar-refractivity contribution in [3.63, 3.8) is 0 Å². The van der Waals surface area contributed by atoms with E-state index in [9.17, 15) is 14.4 Å². The first kappa shape index (κ1) is 18.6. The third-order valence-electron chi connectivity index (χ3n) is 4.64. The van der Waals surface area contributed by atoms with Crippen LogP contribution in [0.15, 0.2) is 54.6 Å². The molecule has 0 unspecified atom stereocenters. The Morgan fingerprint density at radius 3 is 2.22 bits per heavy atom. The van der Waals surface area contributed by atoms with Crippen molar-refractivity contribution in [2.45, 2.75) is 18.9 Å². The summed E-state index contributed by atoms with van der Waals surface area (Å²) in [6.07, 6.45) is 0.722. The van der Waals surface area contributed by atoms with E-state index in [-0.39, 0.29) is 17.6 Å². The molecule has 1 aliphatic heterocycles. The van der Waals surface area contributed by atoms with E-state index in [1.165, 1.54) is 0 Å². The van der Waals surface area contributed by atoms with Crippen LogP contribution in [0, 0.1) is 0 Å². The molecule has 1 atom stereocenters. The van der Waals surface area contributed by atoms with Crippen molar-refractivity contribution < 1.29 is 19.1 Å². The van der Waals surface area contributed by atoms with Gasteiger partial charge in [-0.3, -0.25) is 14.4 Å². The maximum absolute atomic E-state index is 13.1. The Morgan fingerprint density at radius 1 is 1.00 bits per heavy atom. The highest BCUT2D eigenvalue weighted by atomic mass is 16.5. The first-order valence-corrected chi connectivity index (χ1v) is 8.89. The molecule has 0 bridgehead atoms. The molecule has 1 fully saturated rings. The van der Waals surface area contributed by atoms with Gasteiger partial charge in [0.1, 0.15) is 17.6 Å². The summed E-state index contributed by atoms with van der Waals surface area (Å²) in [6.45, 7) is 0.777. The van der Waals surface area contributed by atoms with E-state index in [2.05, 4.69) is 5.32 Å². The normalized spacial score (nSPS) is 15.1. The molecule has 2 aromatic carbocycles. The second-order valence-electron chi connectivity index (χ2n) is 6.41. The summed E-state index contributed by atoms with van der Waals surface area (Å²) in [5.41, 5.74) is 1.15. The fourth-order valence-electron chi connectivity index (χ4n) is 3.05. The standard InChI is InChI=1S/C21H22N2O4/c1-27-18-9-7-16(8-10-18)20(25)22-19(15-5-3-2-4-6-15)21(26)23-13-11-17(24)12-14-23/h2-10,19H,11-14H2,1H3,(H,22,25)/t19-/m1/s1. The molecule has 2 amide bonds. The summed E-state index contributed by atoms with van der Waals surface area (Å²) in [7, 11) is 1.56. The number of ketones is 1. The van der Waals surface area contributed by atoms with Gasteiger partial charge in [-0.1, -0.05) is 30.3 Å². The lowest BCUT2D eigenvalue weighted by atomic mass is 10.0. The molecule has 140 valence electrons.